The maximum atomic E-state index is 12.3. The predicted octanol–water partition coefficient (Wildman–Crippen LogP) is 3.34. The molecule has 0 spiro atoms. The molecule has 0 saturated heterocycles. The molecule has 1 atom stereocenters. The summed E-state index contributed by atoms with van der Waals surface area (Å²) in [7, 11) is 1.94. The Morgan fingerprint density at radius 2 is 2.11 bits per heavy atom. The van der Waals surface area contributed by atoms with Crippen LogP contribution in [0.25, 0.3) is 22.4 Å². The first-order valence-electron chi connectivity index (χ1n) is 8.62. The molecule has 138 valence electrons. The number of hydrogen-bond donors (Lipinski definition) is 1. The van der Waals surface area contributed by atoms with E-state index in [1.54, 1.807) is 18.5 Å². The summed E-state index contributed by atoms with van der Waals surface area (Å²) in [4.78, 5) is 21.2. The molecule has 4 aromatic rings. The number of amides is 1. The van der Waals surface area contributed by atoms with Crippen LogP contribution in [-0.4, -0.2) is 25.6 Å². The van der Waals surface area contributed by atoms with Crippen molar-refractivity contribution >= 4 is 16.9 Å². The topological polar surface area (TPSA) is 99.0 Å². The quantitative estimate of drug-likeness (QED) is 0.582. The lowest BCUT2D eigenvalue weighted by atomic mass is 10.0. The van der Waals surface area contributed by atoms with Crippen molar-refractivity contribution < 1.29 is 13.7 Å². The van der Waals surface area contributed by atoms with Gasteiger partial charge in [-0.2, -0.15) is 4.98 Å². The van der Waals surface area contributed by atoms with Gasteiger partial charge in [0, 0.05) is 12.6 Å². The van der Waals surface area contributed by atoms with Gasteiger partial charge in [-0.15, -0.1) is 0 Å². The fourth-order valence-corrected chi connectivity index (χ4v) is 2.89. The van der Waals surface area contributed by atoms with Gasteiger partial charge in [0.15, 0.2) is 5.76 Å². The molecule has 1 amide bonds. The Morgan fingerprint density at radius 1 is 1.26 bits per heavy atom. The number of rotatable bonds is 5. The van der Waals surface area contributed by atoms with Crippen LogP contribution in [0.4, 0.5) is 0 Å². The second-order valence-corrected chi connectivity index (χ2v) is 6.69. The van der Waals surface area contributed by atoms with Crippen LogP contribution in [0.3, 0.4) is 0 Å². The first-order chi connectivity index (χ1) is 13.0. The van der Waals surface area contributed by atoms with Crippen molar-refractivity contribution in [2.24, 2.45) is 13.0 Å². The summed E-state index contributed by atoms with van der Waals surface area (Å²) < 4.78 is 12.5. The van der Waals surface area contributed by atoms with E-state index in [1.807, 2.05) is 43.7 Å². The van der Waals surface area contributed by atoms with E-state index in [2.05, 4.69) is 20.4 Å². The zero-order valence-corrected chi connectivity index (χ0v) is 15.2. The summed E-state index contributed by atoms with van der Waals surface area (Å²) in [6.07, 6.45) is 3.22. The SMILES string of the molecule is CC(C)[C@H](NC(=O)c1ccco1)c1nc(-c2ccc3c(c2)ncn3C)no1. The highest BCUT2D eigenvalue weighted by Crippen LogP contribution is 2.25. The monoisotopic (exact) mass is 365 g/mol. The lowest BCUT2D eigenvalue weighted by Crippen LogP contribution is -2.31. The Labute approximate surface area is 155 Å². The van der Waals surface area contributed by atoms with E-state index in [0.29, 0.717) is 11.7 Å². The number of aryl methyl sites for hydroxylation is 1. The van der Waals surface area contributed by atoms with E-state index in [1.165, 1.54) is 6.26 Å². The number of nitrogens with one attached hydrogen (secondary N) is 1. The second-order valence-electron chi connectivity index (χ2n) is 6.69. The number of benzene rings is 1. The van der Waals surface area contributed by atoms with Crippen LogP contribution in [0.1, 0.15) is 36.3 Å². The molecule has 0 aliphatic carbocycles. The van der Waals surface area contributed by atoms with Crippen molar-refractivity contribution in [2.45, 2.75) is 19.9 Å². The minimum Gasteiger partial charge on any atom is -0.459 e. The first kappa shape index (κ1) is 17.0. The zero-order valence-electron chi connectivity index (χ0n) is 15.2. The van der Waals surface area contributed by atoms with E-state index in [4.69, 9.17) is 8.94 Å². The van der Waals surface area contributed by atoms with Crippen LogP contribution in [-0.2, 0) is 7.05 Å². The van der Waals surface area contributed by atoms with Crippen molar-refractivity contribution in [1.82, 2.24) is 25.0 Å². The minimum absolute atomic E-state index is 0.0514. The van der Waals surface area contributed by atoms with Gasteiger partial charge >= 0.3 is 0 Å². The van der Waals surface area contributed by atoms with Crippen molar-refractivity contribution in [3.8, 4) is 11.4 Å². The third-order valence-corrected chi connectivity index (χ3v) is 4.39. The molecule has 0 fully saturated rings. The van der Waals surface area contributed by atoms with Crippen LogP contribution in [0, 0.1) is 5.92 Å². The Morgan fingerprint density at radius 3 is 2.85 bits per heavy atom. The molecule has 3 heterocycles. The molecule has 4 rings (SSSR count). The predicted molar refractivity (Wildman–Crippen MR) is 97.8 cm³/mol. The standard InChI is InChI=1S/C19H19N5O3/c1-11(2)16(21-18(25)15-5-4-8-26-15)19-22-17(23-27-19)12-6-7-14-13(9-12)20-10-24(14)3/h4-11,16H,1-3H3,(H,21,25)/t16-/m0/s1. The third kappa shape index (κ3) is 3.21. The molecule has 0 bridgehead atoms. The Bertz CT molecular complexity index is 1080. The minimum atomic E-state index is -0.428. The van der Waals surface area contributed by atoms with Crippen LogP contribution in [0.2, 0.25) is 0 Å². The maximum absolute atomic E-state index is 12.3. The molecule has 0 aliphatic heterocycles. The van der Waals surface area contributed by atoms with E-state index in [0.717, 1.165) is 16.6 Å². The first-order valence-corrected chi connectivity index (χ1v) is 8.62. The number of aromatic nitrogens is 4. The Hall–Kier alpha value is -3.42. The smallest absolute Gasteiger partial charge is 0.287 e. The average Bonchev–Trinajstić information content (AvgIpc) is 3.40. The maximum Gasteiger partial charge on any atom is 0.287 e. The number of carbonyl (C=O) groups excluding carboxylic acids is 1. The third-order valence-electron chi connectivity index (χ3n) is 4.39. The molecule has 0 aliphatic rings. The number of hydrogen-bond acceptors (Lipinski definition) is 6. The normalized spacial score (nSPS) is 12.6. The molecule has 0 unspecified atom stereocenters. The zero-order chi connectivity index (χ0) is 19.0. The lowest BCUT2D eigenvalue weighted by molar-refractivity contribution is 0.0885. The van der Waals surface area contributed by atoms with Crippen molar-refractivity contribution in [3.63, 3.8) is 0 Å². The summed E-state index contributed by atoms with van der Waals surface area (Å²) in [6.45, 7) is 3.94. The highest BCUT2D eigenvalue weighted by atomic mass is 16.5. The molecule has 27 heavy (non-hydrogen) atoms. The summed E-state index contributed by atoms with van der Waals surface area (Å²) in [5.41, 5.74) is 2.68. The number of carbonyl (C=O) groups is 1. The summed E-state index contributed by atoms with van der Waals surface area (Å²) in [6, 6.07) is 8.64. The van der Waals surface area contributed by atoms with Gasteiger partial charge in [0.05, 0.1) is 23.6 Å². The molecular weight excluding hydrogens is 346 g/mol. The summed E-state index contributed by atoms with van der Waals surface area (Å²) in [5.74, 6) is 0.765. The molecule has 8 nitrogen and oxygen atoms in total. The van der Waals surface area contributed by atoms with Gasteiger partial charge in [-0.25, -0.2) is 4.98 Å². The lowest BCUT2D eigenvalue weighted by Gasteiger charge is -2.17. The Balaban J connectivity index is 1.61. The number of furan rings is 1. The van der Waals surface area contributed by atoms with Crippen molar-refractivity contribution in [3.05, 3.63) is 54.6 Å². The highest BCUT2D eigenvalue weighted by Gasteiger charge is 2.26. The summed E-state index contributed by atoms with van der Waals surface area (Å²) in [5, 5.41) is 6.97. The fraction of sp³-hybridized carbons (Fsp3) is 0.263. The van der Waals surface area contributed by atoms with E-state index in [-0.39, 0.29) is 17.6 Å². The van der Waals surface area contributed by atoms with Gasteiger partial charge in [0.1, 0.15) is 6.04 Å². The van der Waals surface area contributed by atoms with Gasteiger partial charge in [0.25, 0.3) is 5.91 Å². The second kappa shape index (κ2) is 6.71. The van der Waals surface area contributed by atoms with E-state index < -0.39 is 6.04 Å². The van der Waals surface area contributed by atoms with Gasteiger partial charge in [0.2, 0.25) is 11.7 Å². The average molecular weight is 365 g/mol. The molecule has 3 aromatic heterocycles. The van der Waals surface area contributed by atoms with Crippen LogP contribution < -0.4 is 5.32 Å². The van der Waals surface area contributed by atoms with Crippen LogP contribution >= 0.6 is 0 Å². The summed E-state index contributed by atoms with van der Waals surface area (Å²) >= 11 is 0. The van der Waals surface area contributed by atoms with Crippen LogP contribution in [0.5, 0.6) is 0 Å². The van der Waals surface area contributed by atoms with Gasteiger partial charge in [-0.05, 0) is 36.2 Å². The number of imidazole rings is 1. The Kier molecular flexibility index (Phi) is 4.23. The van der Waals surface area contributed by atoms with E-state index >= 15 is 0 Å². The number of fused-ring (bicyclic) bond motifs is 1. The largest absolute Gasteiger partial charge is 0.459 e. The molecule has 0 radical (unpaired) electrons. The highest BCUT2D eigenvalue weighted by molar-refractivity contribution is 5.91. The molecular formula is C19H19N5O3. The molecule has 0 saturated carbocycles. The molecule has 1 aromatic carbocycles. The van der Waals surface area contributed by atoms with E-state index in [9.17, 15) is 4.79 Å². The number of nitrogens with zero attached hydrogens (tertiary/aromatic N) is 4. The van der Waals surface area contributed by atoms with Gasteiger partial charge in [-0.1, -0.05) is 19.0 Å². The van der Waals surface area contributed by atoms with Gasteiger partial charge in [-0.3, -0.25) is 4.79 Å². The molecule has 1 N–H and O–H groups in total. The fourth-order valence-electron chi connectivity index (χ4n) is 2.89. The molecule has 8 heteroatoms. The van der Waals surface area contributed by atoms with Crippen molar-refractivity contribution in [1.29, 1.82) is 0 Å². The van der Waals surface area contributed by atoms with Crippen molar-refractivity contribution in [2.75, 3.05) is 0 Å². The van der Waals surface area contributed by atoms with Crippen LogP contribution in [0.15, 0.2) is 51.9 Å². The van der Waals surface area contributed by atoms with Gasteiger partial charge < -0.3 is 18.8 Å².